The van der Waals surface area contributed by atoms with E-state index in [0.29, 0.717) is 5.75 Å². The van der Waals surface area contributed by atoms with Gasteiger partial charge in [0.1, 0.15) is 10.6 Å². The fourth-order valence-corrected chi connectivity index (χ4v) is 2.83. The fourth-order valence-electron chi connectivity index (χ4n) is 1.35. The molecule has 0 spiro atoms. The summed E-state index contributed by atoms with van der Waals surface area (Å²) in [5, 5.41) is 0. The third-order valence-corrected chi connectivity index (χ3v) is 3.75. The molecule has 1 aromatic carbocycles. The number of methoxy groups -OCH3 is 1. The van der Waals surface area contributed by atoms with Crippen molar-refractivity contribution in [1.29, 1.82) is 0 Å². The van der Waals surface area contributed by atoms with Gasteiger partial charge in [-0.05, 0) is 38.5 Å². The van der Waals surface area contributed by atoms with Crippen molar-refractivity contribution in [3.05, 3.63) is 23.8 Å². The molecular formula is C12H21ClN2O3S. The zero-order valence-corrected chi connectivity index (χ0v) is 13.2. The number of hydrogen-bond donors (Lipinski definition) is 2. The van der Waals surface area contributed by atoms with Crippen LogP contribution in [-0.4, -0.2) is 27.6 Å². The second-order valence-electron chi connectivity index (χ2n) is 4.97. The van der Waals surface area contributed by atoms with Gasteiger partial charge in [0.15, 0.2) is 0 Å². The first-order chi connectivity index (χ1) is 8.15. The van der Waals surface area contributed by atoms with E-state index in [1.807, 2.05) is 6.92 Å². The number of rotatable bonds is 5. The molecule has 5 nitrogen and oxygen atoms in total. The van der Waals surface area contributed by atoms with Gasteiger partial charge in [0.2, 0.25) is 10.0 Å². The average molecular weight is 309 g/mol. The van der Waals surface area contributed by atoms with Crippen LogP contribution in [0.3, 0.4) is 0 Å². The van der Waals surface area contributed by atoms with Gasteiger partial charge in [-0.1, -0.05) is 6.07 Å². The first-order valence-electron chi connectivity index (χ1n) is 5.59. The molecule has 0 radical (unpaired) electrons. The number of ether oxygens (including phenoxy) is 1. The Hall–Kier alpha value is -0.820. The molecule has 0 saturated heterocycles. The van der Waals surface area contributed by atoms with Crippen molar-refractivity contribution in [2.24, 2.45) is 5.73 Å². The van der Waals surface area contributed by atoms with Crippen molar-refractivity contribution in [2.75, 3.05) is 13.7 Å². The van der Waals surface area contributed by atoms with Gasteiger partial charge in [-0.25, -0.2) is 13.1 Å². The smallest absolute Gasteiger partial charge is 0.244 e. The fraction of sp³-hybridized carbons (Fsp3) is 0.500. The monoisotopic (exact) mass is 308 g/mol. The number of nitrogens with one attached hydrogen (secondary N) is 1. The number of hydrogen-bond acceptors (Lipinski definition) is 4. The number of sulfonamides is 1. The summed E-state index contributed by atoms with van der Waals surface area (Å²) in [6.07, 6.45) is 0. The van der Waals surface area contributed by atoms with Crippen LogP contribution < -0.4 is 15.2 Å². The Kier molecular flexibility index (Phi) is 6.28. The highest BCUT2D eigenvalue weighted by atomic mass is 35.5. The Bertz CT molecular complexity index is 524. The van der Waals surface area contributed by atoms with E-state index >= 15 is 0 Å². The standard InChI is InChI=1S/C12H20N2O3S.ClH/c1-9-5-6-10(17-4)11(7-9)18(15,16)14-8-12(2,3)13;/h5-7,14H,8,13H2,1-4H3;1H. The van der Waals surface area contributed by atoms with E-state index in [-0.39, 0.29) is 23.8 Å². The summed E-state index contributed by atoms with van der Waals surface area (Å²) in [5.74, 6) is 0.322. The summed E-state index contributed by atoms with van der Waals surface area (Å²) in [5.41, 5.74) is 6.01. The topological polar surface area (TPSA) is 81.4 Å². The average Bonchev–Trinajstić information content (AvgIpc) is 2.26. The van der Waals surface area contributed by atoms with E-state index in [4.69, 9.17) is 10.5 Å². The number of benzene rings is 1. The molecule has 3 N–H and O–H groups in total. The molecule has 1 aromatic rings. The van der Waals surface area contributed by atoms with Crippen LogP contribution in [0.1, 0.15) is 19.4 Å². The number of nitrogens with two attached hydrogens (primary N) is 1. The normalized spacial score (nSPS) is 11.8. The van der Waals surface area contributed by atoms with Crippen molar-refractivity contribution in [2.45, 2.75) is 31.2 Å². The lowest BCUT2D eigenvalue weighted by Gasteiger charge is -2.19. The lowest BCUT2D eigenvalue weighted by molar-refractivity contribution is 0.401. The van der Waals surface area contributed by atoms with Crippen molar-refractivity contribution in [3.63, 3.8) is 0 Å². The van der Waals surface area contributed by atoms with Crippen LogP contribution in [0, 0.1) is 6.92 Å². The van der Waals surface area contributed by atoms with Gasteiger partial charge in [-0.15, -0.1) is 12.4 Å². The zero-order chi connectivity index (χ0) is 14.0. The highest BCUT2D eigenvalue weighted by molar-refractivity contribution is 7.89. The van der Waals surface area contributed by atoms with Gasteiger partial charge in [0.05, 0.1) is 7.11 Å². The number of aryl methyl sites for hydroxylation is 1. The van der Waals surface area contributed by atoms with E-state index in [2.05, 4.69) is 4.72 Å². The van der Waals surface area contributed by atoms with E-state index in [1.54, 1.807) is 32.0 Å². The van der Waals surface area contributed by atoms with Gasteiger partial charge in [-0.3, -0.25) is 0 Å². The van der Waals surface area contributed by atoms with Crippen LogP contribution >= 0.6 is 12.4 Å². The van der Waals surface area contributed by atoms with Crippen molar-refractivity contribution < 1.29 is 13.2 Å². The Morgan fingerprint density at radius 3 is 2.42 bits per heavy atom. The largest absolute Gasteiger partial charge is 0.495 e. The minimum absolute atomic E-state index is 0. The molecule has 0 aliphatic carbocycles. The molecule has 0 bridgehead atoms. The number of halogens is 1. The van der Waals surface area contributed by atoms with Crippen molar-refractivity contribution in [3.8, 4) is 5.75 Å². The predicted octanol–water partition coefficient (Wildman–Crippen LogP) is 1.44. The molecule has 0 saturated carbocycles. The van der Waals surface area contributed by atoms with E-state index in [0.717, 1.165) is 5.56 Å². The summed E-state index contributed by atoms with van der Waals surface area (Å²) in [4.78, 5) is 0.134. The van der Waals surface area contributed by atoms with E-state index < -0.39 is 15.6 Å². The molecule has 0 heterocycles. The van der Waals surface area contributed by atoms with Crippen LogP contribution in [0.15, 0.2) is 23.1 Å². The molecule has 0 amide bonds. The molecule has 0 fully saturated rings. The second kappa shape index (κ2) is 6.56. The maximum absolute atomic E-state index is 12.2. The Labute approximate surface area is 121 Å². The SMILES string of the molecule is COc1ccc(C)cc1S(=O)(=O)NCC(C)(C)N.Cl. The highest BCUT2D eigenvalue weighted by Crippen LogP contribution is 2.24. The second-order valence-corrected chi connectivity index (χ2v) is 6.70. The molecule has 0 atom stereocenters. The maximum Gasteiger partial charge on any atom is 0.244 e. The molecule has 7 heteroatoms. The summed E-state index contributed by atoms with van der Waals surface area (Å²) < 4.78 is 31.9. The predicted molar refractivity (Wildman–Crippen MR) is 78.4 cm³/mol. The quantitative estimate of drug-likeness (QED) is 0.862. The van der Waals surface area contributed by atoms with Gasteiger partial charge in [-0.2, -0.15) is 0 Å². The minimum atomic E-state index is -3.61. The molecule has 0 unspecified atom stereocenters. The lowest BCUT2D eigenvalue weighted by atomic mass is 10.1. The molecule has 110 valence electrons. The van der Waals surface area contributed by atoms with Gasteiger partial charge >= 0.3 is 0 Å². The first-order valence-corrected chi connectivity index (χ1v) is 7.07. The summed E-state index contributed by atoms with van der Waals surface area (Å²) >= 11 is 0. The molecular weight excluding hydrogens is 288 g/mol. The van der Waals surface area contributed by atoms with Crippen LogP contribution in [0.2, 0.25) is 0 Å². The third kappa shape index (κ3) is 5.36. The lowest BCUT2D eigenvalue weighted by Crippen LogP contribution is -2.45. The van der Waals surface area contributed by atoms with Gasteiger partial charge in [0.25, 0.3) is 0 Å². The van der Waals surface area contributed by atoms with Crippen molar-refractivity contribution in [1.82, 2.24) is 4.72 Å². The Balaban J connectivity index is 0.00000324. The van der Waals surface area contributed by atoms with Crippen molar-refractivity contribution >= 4 is 22.4 Å². The zero-order valence-electron chi connectivity index (χ0n) is 11.6. The Morgan fingerprint density at radius 2 is 1.95 bits per heavy atom. The van der Waals surface area contributed by atoms with Gasteiger partial charge in [0, 0.05) is 12.1 Å². The van der Waals surface area contributed by atoms with Crippen LogP contribution in [0.25, 0.3) is 0 Å². The first kappa shape index (κ1) is 18.2. The van der Waals surface area contributed by atoms with E-state index in [1.165, 1.54) is 7.11 Å². The highest BCUT2D eigenvalue weighted by Gasteiger charge is 2.22. The summed E-state index contributed by atoms with van der Waals surface area (Å²) in [6.45, 7) is 5.49. The van der Waals surface area contributed by atoms with Gasteiger partial charge < -0.3 is 10.5 Å². The summed E-state index contributed by atoms with van der Waals surface area (Å²) in [6, 6.07) is 5.01. The third-order valence-electron chi connectivity index (χ3n) is 2.33. The molecule has 0 aliphatic heterocycles. The Morgan fingerprint density at radius 1 is 1.37 bits per heavy atom. The summed E-state index contributed by atoms with van der Waals surface area (Å²) in [7, 11) is -2.17. The molecule has 19 heavy (non-hydrogen) atoms. The van der Waals surface area contributed by atoms with Crippen LogP contribution in [0.4, 0.5) is 0 Å². The molecule has 0 aromatic heterocycles. The maximum atomic E-state index is 12.2. The minimum Gasteiger partial charge on any atom is -0.495 e. The molecule has 0 aliphatic rings. The van der Waals surface area contributed by atoms with Crippen LogP contribution in [-0.2, 0) is 10.0 Å². The molecule has 1 rings (SSSR count). The van der Waals surface area contributed by atoms with Crippen LogP contribution in [0.5, 0.6) is 5.75 Å². The van der Waals surface area contributed by atoms with E-state index in [9.17, 15) is 8.42 Å².